The third-order valence-electron chi connectivity index (χ3n) is 5.20. The van der Waals surface area contributed by atoms with Crippen molar-refractivity contribution in [3.63, 3.8) is 0 Å². The van der Waals surface area contributed by atoms with Crippen LogP contribution in [0.25, 0.3) is 0 Å². The van der Waals surface area contributed by atoms with Crippen LogP contribution in [0.4, 0.5) is 4.39 Å². The predicted molar refractivity (Wildman–Crippen MR) is 96.2 cm³/mol. The van der Waals surface area contributed by atoms with Crippen LogP contribution in [0, 0.1) is 11.7 Å². The maximum atomic E-state index is 13.8. The number of amides is 1. The summed E-state index contributed by atoms with van der Waals surface area (Å²) in [6.45, 7) is 5.93. The Morgan fingerprint density at radius 3 is 2.72 bits per heavy atom. The lowest BCUT2D eigenvalue weighted by Gasteiger charge is -2.22. The molecule has 0 atom stereocenters. The van der Waals surface area contributed by atoms with Crippen molar-refractivity contribution < 1.29 is 9.18 Å². The van der Waals surface area contributed by atoms with Crippen LogP contribution in [0.5, 0.6) is 0 Å². The fourth-order valence-corrected chi connectivity index (χ4v) is 3.66. The first-order valence-corrected chi connectivity index (χ1v) is 9.41. The van der Waals surface area contributed by atoms with Crippen molar-refractivity contribution >= 4 is 5.91 Å². The molecular formula is C19H29FN4O. The van der Waals surface area contributed by atoms with Crippen molar-refractivity contribution in [1.29, 1.82) is 0 Å². The lowest BCUT2D eigenvalue weighted by Crippen LogP contribution is -2.35. The Kier molecular flexibility index (Phi) is 6.78. The van der Waals surface area contributed by atoms with Crippen LogP contribution in [0.1, 0.15) is 31.2 Å². The Labute approximate surface area is 149 Å². The van der Waals surface area contributed by atoms with Crippen LogP contribution in [0.3, 0.4) is 0 Å². The number of hydrogen-bond donors (Lipinski definition) is 2. The molecule has 25 heavy (non-hydrogen) atoms. The molecule has 1 aromatic carbocycles. The molecule has 2 aliphatic heterocycles. The van der Waals surface area contributed by atoms with Gasteiger partial charge in [-0.05, 0) is 31.2 Å². The summed E-state index contributed by atoms with van der Waals surface area (Å²) in [7, 11) is 0. The van der Waals surface area contributed by atoms with Gasteiger partial charge in [0.2, 0.25) is 5.91 Å². The van der Waals surface area contributed by atoms with Crippen LogP contribution in [0.15, 0.2) is 24.3 Å². The van der Waals surface area contributed by atoms with Crippen LogP contribution in [-0.4, -0.2) is 55.0 Å². The quantitative estimate of drug-likeness (QED) is 0.822. The van der Waals surface area contributed by atoms with Gasteiger partial charge >= 0.3 is 0 Å². The minimum Gasteiger partial charge on any atom is -0.341 e. The highest BCUT2D eigenvalue weighted by atomic mass is 19.1. The summed E-state index contributed by atoms with van der Waals surface area (Å²) in [6, 6.07) is 6.95. The summed E-state index contributed by atoms with van der Waals surface area (Å²) >= 11 is 0. The summed E-state index contributed by atoms with van der Waals surface area (Å²) in [5, 5.41) is 0. The number of nitrogens with zero attached hydrogens (tertiary/aromatic N) is 2. The van der Waals surface area contributed by atoms with E-state index in [1.807, 2.05) is 17.0 Å². The summed E-state index contributed by atoms with van der Waals surface area (Å²) < 4.78 is 13.8. The van der Waals surface area contributed by atoms with Gasteiger partial charge in [-0.2, -0.15) is 0 Å². The molecule has 2 heterocycles. The fourth-order valence-electron chi connectivity index (χ4n) is 3.66. The molecule has 1 amide bonds. The second-order valence-electron chi connectivity index (χ2n) is 7.12. The van der Waals surface area contributed by atoms with Crippen molar-refractivity contribution in [1.82, 2.24) is 20.7 Å². The van der Waals surface area contributed by atoms with Crippen molar-refractivity contribution in [3.05, 3.63) is 35.6 Å². The molecule has 2 N–H and O–H groups in total. The zero-order valence-electron chi connectivity index (χ0n) is 14.8. The Bertz CT molecular complexity index is 562. The highest BCUT2D eigenvalue weighted by Crippen LogP contribution is 2.14. The predicted octanol–water partition coefficient (Wildman–Crippen LogP) is 1.75. The molecule has 1 aromatic rings. The zero-order chi connectivity index (χ0) is 17.5. The molecular weight excluding hydrogens is 319 g/mol. The normalized spacial score (nSPS) is 20.0. The largest absolute Gasteiger partial charge is 0.341 e. The van der Waals surface area contributed by atoms with E-state index < -0.39 is 0 Å². The maximum absolute atomic E-state index is 13.8. The molecule has 0 bridgehead atoms. The molecule has 5 nitrogen and oxygen atoms in total. The molecule has 0 radical (unpaired) electrons. The number of nitrogens with one attached hydrogen (secondary N) is 2. The lowest BCUT2D eigenvalue weighted by atomic mass is 10.0. The van der Waals surface area contributed by atoms with E-state index in [0.717, 1.165) is 64.1 Å². The summed E-state index contributed by atoms with van der Waals surface area (Å²) in [6.07, 6.45) is 3.65. The average Bonchev–Trinajstić information content (AvgIpc) is 3.02. The van der Waals surface area contributed by atoms with Crippen molar-refractivity contribution in [3.8, 4) is 0 Å². The molecule has 0 saturated carbocycles. The second kappa shape index (κ2) is 9.27. The van der Waals surface area contributed by atoms with E-state index in [9.17, 15) is 9.18 Å². The Morgan fingerprint density at radius 1 is 1.12 bits per heavy atom. The lowest BCUT2D eigenvalue weighted by molar-refractivity contribution is -0.131. The van der Waals surface area contributed by atoms with E-state index in [1.54, 1.807) is 6.07 Å². The molecule has 6 heteroatoms. The second-order valence-corrected chi connectivity index (χ2v) is 7.12. The summed E-state index contributed by atoms with van der Waals surface area (Å²) in [4.78, 5) is 16.7. The fraction of sp³-hybridized carbons (Fsp3) is 0.632. The molecule has 2 fully saturated rings. The Morgan fingerprint density at radius 2 is 1.92 bits per heavy atom. The SMILES string of the molecule is O=C(CCCC1CNNC1)N1CCCN(Cc2ccccc2F)CC1. The zero-order valence-corrected chi connectivity index (χ0v) is 14.8. The van der Waals surface area contributed by atoms with Crippen LogP contribution >= 0.6 is 0 Å². The van der Waals surface area contributed by atoms with Gasteiger partial charge < -0.3 is 4.90 Å². The molecule has 0 aromatic heterocycles. The summed E-state index contributed by atoms with van der Waals surface area (Å²) in [5.74, 6) is 0.774. The van der Waals surface area contributed by atoms with Crippen LogP contribution in [-0.2, 0) is 11.3 Å². The van der Waals surface area contributed by atoms with Gasteiger partial charge in [0.05, 0.1) is 0 Å². The number of halogens is 1. The van der Waals surface area contributed by atoms with Gasteiger partial charge in [0, 0.05) is 57.8 Å². The number of hydrogen-bond acceptors (Lipinski definition) is 4. The van der Waals surface area contributed by atoms with E-state index in [2.05, 4.69) is 15.8 Å². The first-order valence-electron chi connectivity index (χ1n) is 9.41. The monoisotopic (exact) mass is 348 g/mol. The maximum Gasteiger partial charge on any atom is 0.222 e. The molecule has 138 valence electrons. The topological polar surface area (TPSA) is 47.6 Å². The van der Waals surface area contributed by atoms with E-state index in [0.29, 0.717) is 18.9 Å². The van der Waals surface area contributed by atoms with Crippen molar-refractivity contribution in [2.75, 3.05) is 39.3 Å². The van der Waals surface area contributed by atoms with Gasteiger partial charge in [0.25, 0.3) is 0 Å². The van der Waals surface area contributed by atoms with Crippen LogP contribution < -0.4 is 10.9 Å². The number of carbonyl (C=O) groups excluding carboxylic acids is 1. The van der Waals surface area contributed by atoms with E-state index in [1.165, 1.54) is 6.07 Å². The number of benzene rings is 1. The van der Waals surface area contributed by atoms with Crippen LogP contribution in [0.2, 0.25) is 0 Å². The minimum absolute atomic E-state index is 0.143. The van der Waals surface area contributed by atoms with E-state index in [4.69, 9.17) is 0 Å². The van der Waals surface area contributed by atoms with E-state index in [-0.39, 0.29) is 11.7 Å². The van der Waals surface area contributed by atoms with Crippen molar-refractivity contribution in [2.24, 2.45) is 5.92 Å². The Balaban J connectivity index is 1.41. The van der Waals surface area contributed by atoms with Gasteiger partial charge in [-0.15, -0.1) is 0 Å². The van der Waals surface area contributed by atoms with E-state index >= 15 is 0 Å². The number of carbonyl (C=O) groups is 1. The number of rotatable bonds is 6. The molecule has 0 unspecified atom stereocenters. The highest BCUT2D eigenvalue weighted by Gasteiger charge is 2.20. The van der Waals surface area contributed by atoms with Gasteiger partial charge in [0.15, 0.2) is 0 Å². The first-order chi connectivity index (χ1) is 12.2. The minimum atomic E-state index is -0.143. The third kappa shape index (κ3) is 5.49. The Hall–Kier alpha value is -1.50. The third-order valence-corrected chi connectivity index (χ3v) is 5.20. The standard InChI is InChI=1S/C19H29FN4O/c20-18-7-2-1-6-17(18)15-23-9-4-10-24(12-11-23)19(25)8-3-5-16-13-21-22-14-16/h1-2,6-7,16,21-22H,3-5,8-15H2. The first kappa shape index (κ1) is 18.3. The highest BCUT2D eigenvalue weighted by molar-refractivity contribution is 5.76. The molecule has 2 aliphatic rings. The molecule has 0 spiro atoms. The van der Waals surface area contributed by atoms with Gasteiger partial charge in [0.1, 0.15) is 5.82 Å². The van der Waals surface area contributed by atoms with Crippen molar-refractivity contribution in [2.45, 2.75) is 32.2 Å². The average molecular weight is 348 g/mol. The smallest absolute Gasteiger partial charge is 0.222 e. The summed E-state index contributed by atoms with van der Waals surface area (Å²) in [5.41, 5.74) is 7.00. The number of hydrazine groups is 1. The van der Waals surface area contributed by atoms with Gasteiger partial charge in [-0.25, -0.2) is 4.39 Å². The van der Waals surface area contributed by atoms with Gasteiger partial charge in [-0.3, -0.25) is 20.5 Å². The molecule has 0 aliphatic carbocycles. The molecule has 3 rings (SSSR count). The molecule has 2 saturated heterocycles. The van der Waals surface area contributed by atoms with Gasteiger partial charge in [-0.1, -0.05) is 18.2 Å².